The highest BCUT2D eigenvalue weighted by atomic mass is 32.1. The summed E-state index contributed by atoms with van der Waals surface area (Å²) in [5, 5.41) is 12.0. The molecule has 0 saturated heterocycles. The average Bonchev–Trinajstić information content (AvgIpc) is 2.90. The third-order valence-electron chi connectivity index (χ3n) is 2.55. The maximum atomic E-state index is 9.31. The molecule has 0 bridgehead atoms. The molecular formula is C16H14N2OS. The van der Waals surface area contributed by atoms with Gasteiger partial charge in [0.1, 0.15) is 23.4 Å². The van der Waals surface area contributed by atoms with Crippen molar-refractivity contribution in [1.29, 1.82) is 5.26 Å². The summed E-state index contributed by atoms with van der Waals surface area (Å²) >= 11 is 1.47. The predicted molar refractivity (Wildman–Crippen MR) is 82.5 cm³/mol. The molecule has 20 heavy (non-hydrogen) atoms. The second-order valence-corrected chi connectivity index (χ2v) is 4.96. The zero-order valence-corrected chi connectivity index (χ0v) is 12.0. The van der Waals surface area contributed by atoms with Crippen LogP contribution in [0.1, 0.15) is 16.3 Å². The van der Waals surface area contributed by atoms with Crippen LogP contribution in [0.2, 0.25) is 0 Å². The van der Waals surface area contributed by atoms with E-state index in [-0.39, 0.29) is 0 Å². The molecule has 0 radical (unpaired) electrons. The summed E-state index contributed by atoms with van der Waals surface area (Å²) in [7, 11) is 0. The number of thiazole rings is 1. The highest BCUT2D eigenvalue weighted by Gasteiger charge is 2.07. The predicted octanol–water partition coefficient (Wildman–Crippen LogP) is 4.08. The van der Waals surface area contributed by atoms with E-state index in [2.05, 4.69) is 17.6 Å². The van der Waals surface area contributed by atoms with Gasteiger partial charge in [-0.05, 0) is 19.1 Å². The van der Waals surface area contributed by atoms with Crippen molar-refractivity contribution in [2.75, 3.05) is 6.61 Å². The number of hydrogen-bond acceptors (Lipinski definition) is 4. The van der Waals surface area contributed by atoms with Crippen molar-refractivity contribution in [3.05, 3.63) is 58.6 Å². The summed E-state index contributed by atoms with van der Waals surface area (Å²) in [6, 6.07) is 9.79. The first kappa shape index (κ1) is 14.0. The molecule has 1 aromatic heterocycles. The largest absolute Gasteiger partial charge is 0.489 e. The number of aromatic nitrogens is 1. The molecule has 0 aliphatic carbocycles. The fourth-order valence-corrected chi connectivity index (χ4v) is 2.42. The molecular weight excluding hydrogens is 268 g/mol. The first-order valence-corrected chi connectivity index (χ1v) is 6.99. The number of aryl methyl sites for hydroxylation is 1. The molecule has 0 aliphatic heterocycles. The molecule has 3 nitrogen and oxygen atoms in total. The lowest BCUT2D eigenvalue weighted by molar-refractivity contribution is 0.362. The fraction of sp³-hybridized carbons (Fsp3) is 0.125. The van der Waals surface area contributed by atoms with Crippen LogP contribution in [0.4, 0.5) is 0 Å². The summed E-state index contributed by atoms with van der Waals surface area (Å²) in [5.41, 5.74) is 2.32. The Bertz CT molecular complexity index is 680. The smallest absolute Gasteiger partial charge is 0.134 e. The molecule has 0 atom stereocenters. The highest BCUT2D eigenvalue weighted by Crippen LogP contribution is 2.26. The molecule has 0 unspecified atom stereocenters. The molecule has 0 amide bonds. The van der Waals surface area contributed by atoms with Crippen LogP contribution in [-0.4, -0.2) is 11.6 Å². The second kappa shape index (κ2) is 6.69. The Hall–Kier alpha value is -2.38. The van der Waals surface area contributed by atoms with E-state index < -0.39 is 0 Å². The molecule has 2 rings (SSSR count). The van der Waals surface area contributed by atoms with Crippen LogP contribution >= 0.6 is 11.3 Å². The summed E-state index contributed by atoms with van der Waals surface area (Å²) < 4.78 is 5.58. The van der Waals surface area contributed by atoms with Gasteiger partial charge in [0.05, 0.1) is 5.57 Å². The van der Waals surface area contributed by atoms with Gasteiger partial charge in [-0.15, -0.1) is 11.3 Å². The molecule has 100 valence electrons. The third-order valence-corrected chi connectivity index (χ3v) is 3.54. The molecule has 0 N–H and O–H groups in total. The van der Waals surface area contributed by atoms with E-state index in [1.165, 1.54) is 11.3 Å². The molecule has 0 fully saturated rings. The van der Waals surface area contributed by atoms with Gasteiger partial charge in [0.15, 0.2) is 0 Å². The van der Waals surface area contributed by atoms with Gasteiger partial charge in [0.25, 0.3) is 0 Å². The lowest BCUT2D eigenvalue weighted by Crippen LogP contribution is -1.94. The lowest BCUT2D eigenvalue weighted by atomic mass is 10.1. The van der Waals surface area contributed by atoms with Crippen LogP contribution in [0.15, 0.2) is 42.3 Å². The zero-order valence-electron chi connectivity index (χ0n) is 11.2. The van der Waals surface area contributed by atoms with Crippen LogP contribution < -0.4 is 4.74 Å². The van der Waals surface area contributed by atoms with Crippen LogP contribution in [0.25, 0.3) is 11.6 Å². The summed E-state index contributed by atoms with van der Waals surface area (Å²) in [4.78, 5) is 4.34. The number of hydrogen-bond donors (Lipinski definition) is 0. The highest BCUT2D eigenvalue weighted by molar-refractivity contribution is 7.11. The number of rotatable bonds is 5. The number of nitrogens with zero attached hydrogens (tertiary/aromatic N) is 2. The van der Waals surface area contributed by atoms with Crippen molar-refractivity contribution in [3.63, 3.8) is 0 Å². The van der Waals surface area contributed by atoms with Crippen molar-refractivity contribution in [3.8, 4) is 11.8 Å². The summed E-state index contributed by atoms with van der Waals surface area (Å²) in [6.45, 7) is 5.98. The van der Waals surface area contributed by atoms with E-state index in [4.69, 9.17) is 4.74 Å². The Morgan fingerprint density at radius 2 is 2.30 bits per heavy atom. The van der Waals surface area contributed by atoms with Crippen molar-refractivity contribution in [2.45, 2.75) is 6.92 Å². The fourth-order valence-electron chi connectivity index (χ4n) is 1.65. The third kappa shape index (κ3) is 3.34. The van der Waals surface area contributed by atoms with Crippen molar-refractivity contribution < 1.29 is 4.74 Å². The van der Waals surface area contributed by atoms with E-state index in [1.54, 1.807) is 12.2 Å². The lowest BCUT2D eigenvalue weighted by Gasteiger charge is -2.07. The van der Waals surface area contributed by atoms with Gasteiger partial charge < -0.3 is 4.74 Å². The van der Waals surface area contributed by atoms with E-state index in [1.807, 2.05) is 36.6 Å². The molecule has 2 aromatic rings. The summed E-state index contributed by atoms with van der Waals surface area (Å²) in [6.07, 6.45) is 3.49. The van der Waals surface area contributed by atoms with E-state index in [0.717, 1.165) is 22.0 Å². The van der Waals surface area contributed by atoms with E-state index in [9.17, 15) is 5.26 Å². The Kier molecular flexibility index (Phi) is 4.70. The molecule has 4 heteroatoms. The Morgan fingerprint density at radius 1 is 1.50 bits per heavy atom. The second-order valence-electron chi connectivity index (χ2n) is 4.10. The minimum Gasteiger partial charge on any atom is -0.489 e. The van der Waals surface area contributed by atoms with E-state index >= 15 is 0 Å². The number of allylic oxidation sites excluding steroid dienone is 1. The molecule has 0 saturated carbocycles. The quantitative estimate of drug-likeness (QED) is 0.613. The maximum absolute atomic E-state index is 9.31. The van der Waals surface area contributed by atoms with Gasteiger partial charge in [0.2, 0.25) is 0 Å². The van der Waals surface area contributed by atoms with Gasteiger partial charge in [-0.25, -0.2) is 4.98 Å². The topological polar surface area (TPSA) is 45.9 Å². The van der Waals surface area contributed by atoms with Crippen molar-refractivity contribution >= 4 is 23.0 Å². The molecule has 0 aliphatic rings. The Balaban J connectivity index is 2.37. The number of ether oxygens (including phenoxy) is 1. The first-order valence-electron chi connectivity index (χ1n) is 6.11. The standard InChI is InChI=1S/C16H14N2OS/c1-3-8-19-15-7-5-4-6-13(15)9-14(10-17)16-18-12(2)11-20-16/h3-7,9,11H,1,8H2,2H3. The molecule has 1 heterocycles. The van der Waals surface area contributed by atoms with Crippen molar-refractivity contribution in [2.24, 2.45) is 0 Å². The summed E-state index contributed by atoms with van der Waals surface area (Å²) in [5.74, 6) is 0.730. The maximum Gasteiger partial charge on any atom is 0.134 e. The van der Waals surface area contributed by atoms with E-state index in [0.29, 0.717) is 12.2 Å². The van der Waals surface area contributed by atoms with Crippen LogP contribution in [0, 0.1) is 18.3 Å². The molecule has 1 aromatic carbocycles. The SMILES string of the molecule is C=CCOc1ccccc1C=C(C#N)c1nc(C)cs1. The van der Waals surface area contributed by atoms with Gasteiger partial charge in [-0.2, -0.15) is 5.26 Å². The minimum atomic E-state index is 0.434. The monoisotopic (exact) mass is 282 g/mol. The zero-order chi connectivity index (χ0) is 14.4. The number of nitriles is 1. The van der Waals surface area contributed by atoms with Crippen LogP contribution in [-0.2, 0) is 0 Å². The van der Waals surface area contributed by atoms with Crippen LogP contribution in [0.3, 0.4) is 0 Å². The average molecular weight is 282 g/mol. The van der Waals surface area contributed by atoms with Gasteiger partial charge in [-0.1, -0.05) is 30.9 Å². The normalized spacial score (nSPS) is 10.9. The Labute approximate surface area is 122 Å². The van der Waals surface area contributed by atoms with Crippen molar-refractivity contribution in [1.82, 2.24) is 4.98 Å². The minimum absolute atomic E-state index is 0.434. The van der Waals surface area contributed by atoms with Gasteiger partial charge in [0, 0.05) is 16.6 Å². The van der Waals surface area contributed by atoms with Gasteiger partial charge in [-0.3, -0.25) is 0 Å². The Morgan fingerprint density at radius 3 is 2.95 bits per heavy atom. The van der Waals surface area contributed by atoms with Gasteiger partial charge >= 0.3 is 0 Å². The number of para-hydroxylation sites is 1. The van der Waals surface area contributed by atoms with Crippen LogP contribution in [0.5, 0.6) is 5.75 Å². The number of benzene rings is 1. The molecule has 0 spiro atoms. The first-order chi connectivity index (χ1) is 9.74.